The molecular formula is C15H23ClN2O2. The highest BCUT2D eigenvalue weighted by molar-refractivity contribution is 5.85. The van der Waals surface area contributed by atoms with Crippen LogP contribution in [0, 0.1) is 0 Å². The molecule has 1 aliphatic carbocycles. The van der Waals surface area contributed by atoms with E-state index in [4.69, 9.17) is 4.74 Å². The van der Waals surface area contributed by atoms with Crippen molar-refractivity contribution in [1.82, 2.24) is 10.6 Å². The number of carbonyl (C=O) groups excluding carboxylic acids is 1. The standard InChI is InChI=1S/C15H22N2O2.ClH/c1-16-9-8-15(18)17-14-5-3-4-11-10-12(19-2)6-7-13(11)14;/h6-7,10,14,16H,3-5,8-9H2,1-2H3,(H,17,18);1H. The molecule has 1 unspecified atom stereocenters. The lowest BCUT2D eigenvalue weighted by Gasteiger charge is -2.26. The van der Waals surface area contributed by atoms with Crippen LogP contribution in [-0.4, -0.2) is 26.6 Å². The molecule has 20 heavy (non-hydrogen) atoms. The van der Waals surface area contributed by atoms with E-state index in [9.17, 15) is 4.79 Å². The molecule has 0 aromatic heterocycles. The Hall–Kier alpha value is -1.26. The van der Waals surface area contributed by atoms with E-state index in [2.05, 4.69) is 22.8 Å². The number of ether oxygens (including phenoxy) is 1. The molecule has 2 rings (SSSR count). The first-order valence-electron chi connectivity index (χ1n) is 6.85. The summed E-state index contributed by atoms with van der Waals surface area (Å²) in [5.41, 5.74) is 2.54. The van der Waals surface area contributed by atoms with Gasteiger partial charge in [-0.25, -0.2) is 0 Å². The first-order chi connectivity index (χ1) is 9.24. The topological polar surface area (TPSA) is 50.4 Å². The zero-order valence-corrected chi connectivity index (χ0v) is 12.9. The maximum absolute atomic E-state index is 11.8. The number of halogens is 1. The van der Waals surface area contributed by atoms with Gasteiger partial charge in [0.25, 0.3) is 0 Å². The molecule has 1 aromatic carbocycles. The van der Waals surface area contributed by atoms with Crippen LogP contribution in [-0.2, 0) is 11.2 Å². The van der Waals surface area contributed by atoms with Gasteiger partial charge in [-0.05, 0) is 49.6 Å². The molecule has 112 valence electrons. The molecule has 0 bridgehead atoms. The largest absolute Gasteiger partial charge is 0.497 e. The van der Waals surface area contributed by atoms with E-state index in [1.807, 2.05) is 13.1 Å². The smallest absolute Gasteiger partial charge is 0.221 e. The fraction of sp³-hybridized carbons (Fsp3) is 0.533. The van der Waals surface area contributed by atoms with Gasteiger partial charge in [0, 0.05) is 13.0 Å². The van der Waals surface area contributed by atoms with Gasteiger partial charge in [0.15, 0.2) is 0 Å². The molecular weight excluding hydrogens is 276 g/mol. The Morgan fingerprint density at radius 3 is 2.95 bits per heavy atom. The molecule has 0 saturated carbocycles. The van der Waals surface area contributed by atoms with Crippen molar-refractivity contribution < 1.29 is 9.53 Å². The van der Waals surface area contributed by atoms with Crippen LogP contribution in [0.5, 0.6) is 5.75 Å². The summed E-state index contributed by atoms with van der Waals surface area (Å²) >= 11 is 0. The number of rotatable bonds is 5. The van der Waals surface area contributed by atoms with Crippen molar-refractivity contribution in [3.63, 3.8) is 0 Å². The molecule has 1 aromatic rings. The van der Waals surface area contributed by atoms with Crippen molar-refractivity contribution in [2.45, 2.75) is 31.7 Å². The number of nitrogens with one attached hydrogen (secondary N) is 2. The van der Waals surface area contributed by atoms with E-state index in [0.29, 0.717) is 13.0 Å². The van der Waals surface area contributed by atoms with E-state index in [-0.39, 0.29) is 24.4 Å². The summed E-state index contributed by atoms with van der Waals surface area (Å²) in [5.74, 6) is 1.00. The number of hydrogen-bond acceptors (Lipinski definition) is 3. The highest BCUT2D eigenvalue weighted by Crippen LogP contribution is 2.32. The lowest BCUT2D eigenvalue weighted by molar-refractivity contribution is -0.121. The summed E-state index contributed by atoms with van der Waals surface area (Å²) in [6.45, 7) is 0.716. The van der Waals surface area contributed by atoms with Gasteiger partial charge in [0.1, 0.15) is 5.75 Å². The Bertz CT molecular complexity index is 451. The molecule has 0 radical (unpaired) electrons. The molecule has 0 fully saturated rings. The van der Waals surface area contributed by atoms with Crippen LogP contribution in [0.2, 0.25) is 0 Å². The summed E-state index contributed by atoms with van der Waals surface area (Å²) in [6.07, 6.45) is 3.72. The van der Waals surface area contributed by atoms with Gasteiger partial charge in [-0.3, -0.25) is 4.79 Å². The average molecular weight is 299 g/mol. The van der Waals surface area contributed by atoms with Crippen molar-refractivity contribution in [3.05, 3.63) is 29.3 Å². The van der Waals surface area contributed by atoms with Crippen molar-refractivity contribution in [1.29, 1.82) is 0 Å². The molecule has 0 saturated heterocycles. The average Bonchev–Trinajstić information content (AvgIpc) is 2.44. The quantitative estimate of drug-likeness (QED) is 0.876. The van der Waals surface area contributed by atoms with Crippen LogP contribution < -0.4 is 15.4 Å². The second-order valence-electron chi connectivity index (χ2n) is 4.93. The molecule has 1 aliphatic rings. The SMILES string of the molecule is CNCCC(=O)NC1CCCc2cc(OC)ccc21.Cl. The van der Waals surface area contributed by atoms with E-state index < -0.39 is 0 Å². The summed E-state index contributed by atoms with van der Waals surface area (Å²) in [6, 6.07) is 6.29. The lowest BCUT2D eigenvalue weighted by Crippen LogP contribution is -2.32. The Kier molecular flexibility index (Phi) is 6.82. The predicted octanol–water partition coefficient (Wildman–Crippen LogP) is 2.22. The highest BCUT2D eigenvalue weighted by Gasteiger charge is 2.21. The Balaban J connectivity index is 0.00000200. The predicted molar refractivity (Wildman–Crippen MR) is 82.6 cm³/mol. The maximum Gasteiger partial charge on any atom is 0.221 e. The number of amides is 1. The minimum absolute atomic E-state index is 0. The first-order valence-corrected chi connectivity index (χ1v) is 6.85. The van der Waals surface area contributed by atoms with Gasteiger partial charge in [-0.15, -0.1) is 12.4 Å². The molecule has 0 spiro atoms. The second-order valence-corrected chi connectivity index (χ2v) is 4.93. The fourth-order valence-corrected chi connectivity index (χ4v) is 2.57. The number of benzene rings is 1. The van der Waals surface area contributed by atoms with Crippen LogP contribution in [0.4, 0.5) is 0 Å². The van der Waals surface area contributed by atoms with Crippen molar-refractivity contribution in [3.8, 4) is 5.75 Å². The molecule has 0 heterocycles. The molecule has 1 amide bonds. The minimum atomic E-state index is 0. The summed E-state index contributed by atoms with van der Waals surface area (Å²) in [7, 11) is 3.54. The maximum atomic E-state index is 11.8. The van der Waals surface area contributed by atoms with Crippen LogP contribution in [0.25, 0.3) is 0 Å². The number of carbonyl (C=O) groups is 1. The van der Waals surface area contributed by atoms with Crippen LogP contribution >= 0.6 is 12.4 Å². The third kappa shape index (κ3) is 4.12. The van der Waals surface area contributed by atoms with E-state index in [0.717, 1.165) is 25.0 Å². The van der Waals surface area contributed by atoms with Gasteiger partial charge in [-0.2, -0.15) is 0 Å². The summed E-state index contributed by atoms with van der Waals surface area (Å²) in [4.78, 5) is 11.8. The monoisotopic (exact) mass is 298 g/mol. The molecule has 0 aliphatic heterocycles. The number of fused-ring (bicyclic) bond motifs is 1. The summed E-state index contributed by atoms with van der Waals surface area (Å²) < 4.78 is 5.25. The van der Waals surface area contributed by atoms with Crippen molar-refractivity contribution in [2.24, 2.45) is 0 Å². The normalized spacial score (nSPS) is 16.8. The van der Waals surface area contributed by atoms with Crippen molar-refractivity contribution in [2.75, 3.05) is 20.7 Å². The van der Waals surface area contributed by atoms with E-state index >= 15 is 0 Å². The fourth-order valence-electron chi connectivity index (χ4n) is 2.57. The van der Waals surface area contributed by atoms with Gasteiger partial charge in [0.05, 0.1) is 13.2 Å². The number of hydrogen-bond donors (Lipinski definition) is 2. The van der Waals surface area contributed by atoms with Crippen LogP contribution in [0.1, 0.15) is 36.4 Å². The third-order valence-corrected chi connectivity index (χ3v) is 3.60. The van der Waals surface area contributed by atoms with Gasteiger partial charge in [0.2, 0.25) is 5.91 Å². The molecule has 5 heteroatoms. The zero-order valence-electron chi connectivity index (χ0n) is 12.1. The van der Waals surface area contributed by atoms with Gasteiger partial charge >= 0.3 is 0 Å². The molecule has 2 N–H and O–H groups in total. The summed E-state index contributed by atoms with van der Waals surface area (Å²) in [5, 5.41) is 6.12. The van der Waals surface area contributed by atoms with Crippen LogP contribution in [0.15, 0.2) is 18.2 Å². The second kappa shape index (κ2) is 8.12. The van der Waals surface area contributed by atoms with E-state index in [1.54, 1.807) is 7.11 Å². The Morgan fingerprint density at radius 1 is 1.45 bits per heavy atom. The Morgan fingerprint density at radius 2 is 2.25 bits per heavy atom. The van der Waals surface area contributed by atoms with Crippen LogP contribution in [0.3, 0.4) is 0 Å². The first kappa shape index (κ1) is 16.8. The minimum Gasteiger partial charge on any atom is -0.497 e. The van der Waals surface area contributed by atoms with Crippen molar-refractivity contribution >= 4 is 18.3 Å². The molecule has 4 nitrogen and oxygen atoms in total. The highest BCUT2D eigenvalue weighted by atomic mass is 35.5. The van der Waals surface area contributed by atoms with E-state index in [1.165, 1.54) is 11.1 Å². The number of aryl methyl sites for hydroxylation is 1. The lowest BCUT2D eigenvalue weighted by atomic mass is 9.87. The Labute approximate surface area is 126 Å². The zero-order chi connectivity index (χ0) is 13.7. The third-order valence-electron chi connectivity index (χ3n) is 3.60. The molecule has 1 atom stereocenters. The number of methoxy groups -OCH3 is 1. The van der Waals surface area contributed by atoms with Gasteiger partial charge in [-0.1, -0.05) is 6.07 Å². The van der Waals surface area contributed by atoms with Gasteiger partial charge < -0.3 is 15.4 Å².